The molecule has 1 N–H and O–H groups in total. The van der Waals surface area contributed by atoms with Crippen molar-refractivity contribution in [1.29, 1.82) is 0 Å². The third kappa shape index (κ3) is 2.71. The third-order valence-corrected chi connectivity index (χ3v) is 3.63. The van der Waals surface area contributed by atoms with Crippen LogP contribution in [0.5, 0.6) is 0 Å². The number of likely N-dealkylation sites (tertiary alicyclic amines) is 1. The molecule has 1 aliphatic heterocycles. The van der Waals surface area contributed by atoms with E-state index in [4.69, 9.17) is 0 Å². The van der Waals surface area contributed by atoms with Crippen molar-refractivity contribution in [3.8, 4) is 0 Å². The molecule has 2 atom stereocenters. The van der Waals surface area contributed by atoms with E-state index in [0.717, 1.165) is 19.0 Å². The number of carbonyl (C=O) groups excluding carboxylic acids is 1. The molecule has 1 saturated carbocycles. The Morgan fingerprint density at radius 1 is 1.27 bits per heavy atom. The number of amides is 1. The van der Waals surface area contributed by atoms with Crippen LogP contribution in [0.2, 0.25) is 0 Å². The molecule has 1 aliphatic carbocycles. The van der Waals surface area contributed by atoms with Gasteiger partial charge in [-0.1, -0.05) is 0 Å². The molecule has 2 fully saturated rings. The zero-order chi connectivity index (χ0) is 10.8. The van der Waals surface area contributed by atoms with Gasteiger partial charge >= 0.3 is 0 Å². The standard InChI is InChI=1S/C12H22N2O/c1-9(11-5-6-11)13-10(2)12(15)14-7-3-4-8-14/h9-11,13H,3-8H2,1-2H3. The Balaban J connectivity index is 1.78. The zero-order valence-electron chi connectivity index (χ0n) is 9.83. The molecule has 0 aromatic heterocycles. The lowest BCUT2D eigenvalue weighted by molar-refractivity contribution is -0.132. The van der Waals surface area contributed by atoms with E-state index in [1.54, 1.807) is 0 Å². The molecule has 1 amide bonds. The highest BCUT2D eigenvalue weighted by Gasteiger charge is 2.31. The van der Waals surface area contributed by atoms with Gasteiger partial charge in [0.2, 0.25) is 5.91 Å². The molecule has 0 bridgehead atoms. The molecule has 0 aromatic rings. The maximum Gasteiger partial charge on any atom is 0.239 e. The maximum absolute atomic E-state index is 12.0. The van der Waals surface area contributed by atoms with E-state index < -0.39 is 0 Å². The predicted molar refractivity (Wildman–Crippen MR) is 60.6 cm³/mol. The zero-order valence-corrected chi connectivity index (χ0v) is 9.83. The fourth-order valence-electron chi connectivity index (χ4n) is 2.41. The second-order valence-electron chi connectivity index (χ2n) is 5.05. The van der Waals surface area contributed by atoms with Gasteiger partial charge in [0, 0.05) is 19.1 Å². The molecule has 2 unspecified atom stereocenters. The van der Waals surface area contributed by atoms with Gasteiger partial charge in [0.15, 0.2) is 0 Å². The lowest BCUT2D eigenvalue weighted by Gasteiger charge is -2.24. The average Bonchev–Trinajstić information content (AvgIpc) is 2.93. The number of carbonyl (C=O) groups is 1. The lowest BCUT2D eigenvalue weighted by Crippen LogP contribution is -2.47. The molecule has 3 nitrogen and oxygen atoms in total. The van der Waals surface area contributed by atoms with Crippen LogP contribution >= 0.6 is 0 Å². The Labute approximate surface area is 92.2 Å². The summed E-state index contributed by atoms with van der Waals surface area (Å²) in [6.45, 7) is 6.12. The molecule has 0 aromatic carbocycles. The van der Waals surface area contributed by atoms with Crippen LogP contribution in [0.25, 0.3) is 0 Å². The minimum absolute atomic E-state index is 0.00120. The summed E-state index contributed by atoms with van der Waals surface area (Å²) in [6.07, 6.45) is 5.02. The number of hydrogen-bond donors (Lipinski definition) is 1. The van der Waals surface area contributed by atoms with E-state index in [0.29, 0.717) is 11.9 Å². The quantitative estimate of drug-likeness (QED) is 0.760. The van der Waals surface area contributed by atoms with Gasteiger partial charge in [-0.15, -0.1) is 0 Å². The summed E-state index contributed by atoms with van der Waals surface area (Å²) in [5.74, 6) is 1.11. The van der Waals surface area contributed by atoms with E-state index in [9.17, 15) is 4.79 Å². The fraction of sp³-hybridized carbons (Fsp3) is 0.917. The molecule has 2 rings (SSSR count). The molecule has 2 aliphatic rings. The van der Waals surface area contributed by atoms with Crippen LogP contribution in [0.3, 0.4) is 0 Å². The molecule has 0 spiro atoms. The van der Waals surface area contributed by atoms with Crippen molar-refractivity contribution < 1.29 is 4.79 Å². The monoisotopic (exact) mass is 210 g/mol. The fourth-order valence-corrected chi connectivity index (χ4v) is 2.41. The Bertz CT molecular complexity index is 232. The van der Waals surface area contributed by atoms with Crippen LogP contribution in [-0.2, 0) is 4.79 Å². The summed E-state index contributed by atoms with van der Waals surface area (Å²) in [6, 6.07) is 0.505. The minimum Gasteiger partial charge on any atom is -0.341 e. The van der Waals surface area contributed by atoms with Crippen LogP contribution in [0.4, 0.5) is 0 Å². The molecule has 1 saturated heterocycles. The van der Waals surface area contributed by atoms with Crippen LogP contribution in [0.15, 0.2) is 0 Å². The van der Waals surface area contributed by atoms with Crippen molar-refractivity contribution in [1.82, 2.24) is 10.2 Å². The first kappa shape index (κ1) is 10.9. The van der Waals surface area contributed by atoms with Crippen molar-refractivity contribution in [2.24, 2.45) is 5.92 Å². The first-order valence-corrected chi connectivity index (χ1v) is 6.23. The molecule has 0 radical (unpaired) electrons. The Hall–Kier alpha value is -0.570. The molecule has 15 heavy (non-hydrogen) atoms. The second-order valence-corrected chi connectivity index (χ2v) is 5.05. The van der Waals surface area contributed by atoms with Gasteiger partial charge in [-0.2, -0.15) is 0 Å². The summed E-state index contributed by atoms with van der Waals surface area (Å²) in [4.78, 5) is 14.0. The molecule has 86 valence electrons. The van der Waals surface area contributed by atoms with Gasteiger partial charge in [-0.25, -0.2) is 0 Å². The average molecular weight is 210 g/mol. The van der Waals surface area contributed by atoms with Crippen LogP contribution in [-0.4, -0.2) is 36.0 Å². The molecule has 3 heteroatoms. The van der Waals surface area contributed by atoms with Gasteiger partial charge in [0.25, 0.3) is 0 Å². The normalized spacial score (nSPS) is 25.3. The summed E-state index contributed by atoms with van der Waals surface area (Å²) >= 11 is 0. The Morgan fingerprint density at radius 3 is 2.40 bits per heavy atom. The molecular weight excluding hydrogens is 188 g/mol. The second kappa shape index (κ2) is 4.52. The van der Waals surface area contributed by atoms with Crippen LogP contribution < -0.4 is 5.32 Å². The number of rotatable bonds is 4. The van der Waals surface area contributed by atoms with Crippen molar-refractivity contribution in [3.63, 3.8) is 0 Å². The number of nitrogens with one attached hydrogen (secondary N) is 1. The van der Waals surface area contributed by atoms with Crippen LogP contribution in [0.1, 0.15) is 39.5 Å². The largest absolute Gasteiger partial charge is 0.341 e. The van der Waals surface area contributed by atoms with E-state index >= 15 is 0 Å². The van der Waals surface area contributed by atoms with Gasteiger partial charge in [-0.05, 0) is 45.4 Å². The highest BCUT2D eigenvalue weighted by molar-refractivity contribution is 5.81. The first-order valence-electron chi connectivity index (χ1n) is 6.23. The first-order chi connectivity index (χ1) is 7.18. The van der Waals surface area contributed by atoms with Gasteiger partial charge in [-0.3, -0.25) is 4.79 Å². The Kier molecular flexibility index (Phi) is 3.29. The SMILES string of the molecule is CC(NC(C)C1CC1)C(=O)N1CCCC1. The summed E-state index contributed by atoms with van der Waals surface area (Å²) in [7, 11) is 0. The number of nitrogens with zero attached hydrogens (tertiary/aromatic N) is 1. The topological polar surface area (TPSA) is 32.3 Å². The number of hydrogen-bond acceptors (Lipinski definition) is 2. The summed E-state index contributed by atoms with van der Waals surface area (Å²) in [5.41, 5.74) is 0. The minimum atomic E-state index is -0.00120. The lowest BCUT2D eigenvalue weighted by atomic mass is 10.2. The third-order valence-electron chi connectivity index (χ3n) is 3.63. The van der Waals surface area contributed by atoms with Gasteiger partial charge in [0.1, 0.15) is 0 Å². The van der Waals surface area contributed by atoms with Gasteiger partial charge < -0.3 is 10.2 Å². The van der Waals surface area contributed by atoms with Gasteiger partial charge in [0.05, 0.1) is 6.04 Å². The smallest absolute Gasteiger partial charge is 0.239 e. The van der Waals surface area contributed by atoms with Crippen molar-refractivity contribution in [2.45, 2.75) is 51.6 Å². The van der Waals surface area contributed by atoms with Crippen molar-refractivity contribution in [3.05, 3.63) is 0 Å². The van der Waals surface area contributed by atoms with Crippen LogP contribution in [0, 0.1) is 5.92 Å². The summed E-state index contributed by atoms with van der Waals surface area (Å²) < 4.78 is 0. The van der Waals surface area contributed by atoms with E-state index in [-0.39, 0.29) is 6.04 Å². The summed E-state index contributed by atoms with van der Waals surface area (Å²) in [5, 5.41) is 3.43. The predicted octanol–water partition coefficient (Wildman–Crippen LogP) is 1.39. The molecular formula is C12H22N2O. The van der Waals surface area contributed by atoms with E-state index in [1.165, 1.54) is 25.7 Å². The van der Waals surface area contributed by atoms with Crippen molar-refractivity contribution >= 4 is 5.91 Å². The molecule has 1 heterocycles. The van der Waals surface area contributed by atoms with E-state index in [2.05, 4.69) is 12.2 Å². The Morgan fingerprint density at radius 2 is 1.87 bits per heavy atom. The van der Waals surface area contributed by atoms with E-state index in [1.807, 2.05) is 11.8 Å². The van der Waals surface area contributed by atoms with Crippen molar-refractivity contribution in [2.75, 3.05) is 13.1 Å². The maximum atomic E-state index is 12.0. The highest BCUT2D eigenvalue weighted by atomic mass is 16.2. The highest BCUT2D eigenvalue weighted by Crippen LogP contribution is 2.32.